The van der Waals surface area contributed by atoms with Gasteiger partial charge in [0.25, 0.3) is 0 Å². The summed E-state index contributed by atoms with van der Waals surface area (Å²) in [6.07, 6.45) is 5.00. The van der Waals surface area contributed by atoms with Gasteiger partial charge in [-0.1, -0.05) is 19.9 Å². The number of benzene rings is 1. The standard InChI is InChI=1S/C21H21N3OS/c1-21(2)9-6-19(25)24(3)18-5-4-15(12-16(18)21)17-13-26-20(23-17)14-7-10-22-11-8-14/h4-5,7-8,10-13H,6,9H2,1-3H3. The molecule has 4 nitrogen and oxygen atoms in total. The van der Waals surface area contributed by atoms with E-state index in [9.17, 15) is 4.79 Å². The first-order chi connectivity index (χ1) is 12.5. The third kappa shape index (κ3) is 2.92. The van der Waals surface area contributed by atoms with Gasteiger partial charge in [0.2, 0.25) is 5.91 Å². The highest BCUT2D eigenvalue weighted by Crippen LogP contribution is 2.41. The molecule has 3 heterocycles. The SMILES string of the molecule is CN1C(=O)CCC(C)(C)c2cc(-c3csc(-c4ccncc4)n3)ccc21. The minimum atomic E-state index is -0.0459. The lowest BCUT2D eigenvalue weighted by molar-refractivity contribution is -0.118. The maximum atomic E-state index is 12.3. The monoisotopic (exact) mass is 363 g/mol. The Labute approximate surface area is 157 Å². The highest BCUT2D eigenvalue weighted by atomic mass is 32.1. The predicted molar refractivity (Wildman–Crippen MR) is 106 cm³/mol. The lowest BCUT2D eigenvalue weighted by Gasteiger charge is -2.26. The van der Waals surface area contributed by atoms with E-state index in [1.54, 1.807) is 28.6 Å². The average molecular weight is 363 g/mol. The Kier molecular flexibility index (Phi) is 4.11. The summed E-state index contributed by atoms with van der Waals surface area (Å²) in [6.45, 7) is 4.43. The fourth-order valence-electron chi connectivity index (χ4n) is 3.42. The van der Waals surface area contributed by atoms with Gasteiger partial charge in [0.1, 0.15) is 5.01 Å². The van der Waals surface area contributed by atoms with Gasteiger partial charge < -0.3 is 4.90 Å². The second-order valence-corrected chi connectivity index (χ2v) is 8.20. The number of fused-ring (bicyclic) bond motifs is 1. The molecule has 1 aliphatic rings. The molecule has 132 valence electrons. The number of carbonyl (C=O) groups is 1. The molecule has 3 aromatic rings. The van der Waals surface area contributed by atoms with Crippen molar-refractivity contribution in [2.45, 2.75) is 32.1 Å². The van der Waals surface area contributed by atoms with E-state index in [-0.39, 0.29) is 11.3 Å². The van der Waals surface area contributed by atoms with Gasteiger partial charge >= 0.3 is 0 Å². The fraction of sp³-hybridized carbons (Fsp3) is 0.286. The first kappa shape index (κ1) is 16.9. The van der Waals surface area contributed by atoms with Crippen molar-refractivity contribution in [1.82, 2.24) is 9.97 Å². The molecule has 1 aliphatic heterocycles. The molecular formula is C21H21N3OS. The van der Waals surface area contributed by atoms with E-state index in [0.29, 0.717) is 6.42 Å². The van der Waals surface area contributed by atoms with E-state index in [1.807, 2.05) is 19.2 Å². The molecule has 5 heteroatoms. The highest BCUT2D eigenvalue weighted by Gasteiger charge is 2.31. The van der Waals surface area contributed by atoms with E-state index in [4.69, 9.17) is 4.98 Å². The Hall–Kier alpha value is -2.53. The summed E-state index contributed by atoms with van der Waals surface area (Å²) in [5.41, 5.74) is 5.31. The molecular weight excluding hydrogens is 342 g/mol. The van der Waals surface area contributed by atoms with Gasteiger partial charge in [-0.05, 0) is 41.7 Å². The molecule has 1 aromatic carbocycles. The first-order valence-corrected chi connectivity index (χ1v) is 9.61. The highest BCUT2D eigenvalue weighted by molar-refractivity contribution is 7.13. The summed E-state index contributed by atoms with van der Waals surface area (Å²) in [5.74, 6) is 0.179. The summed E-state index contributed by atoms with van der Waals surface area (Å²) in [6, 6.07) is 10.3. The Morgan fingerprint density at radius 2 is 1.88 bits per heavy atom. The molecule has 1 amide bonds. The lowest BCUT2D eigenvalue weighted by Crippen LogP contribution is -2.25. The van der Waals surface area contributed by atoms with Crippen molar-refractivity contribution in [2.75, 3.05) is 11.9 Å². The topological polar surface area (TPSA) is 46.1 Å². The van der Waals surface area contributed by atoms with Gasteiger partial charge in [-0.25, -0.2) is 4.98 Å². The molecule has 0 bridgehead atoms. The molecule has 0 N–H and O–H groups in total. The zero-order valence-electron chi connectivity index (χ0n) is 15.2. The van der Waals surface area contributed by atoms with Crippen LogP contribution in [0.1, 0.15) is 32.3 Å². The van der Waals surface area contributed by atoms with Gasteiger partial charge in [0, 0.05) is 48.1 Å². The van der Waals surface area contributed by atoms with E-state index in [1.165, 1.54) is 5.56 Å². The number of hydrogen-bond acceptors (Lipinski definition) is 4. The molecule has 26 heavy (non-hydrogen) atoms. The maximum Gasteiger partial charge on any atom is 0.226 e. The van der Waals surface area contributed by atoms with Crippen LogP contribution in [0.3, 0.4) is 0 Å². The van der Waals surface area contributed by atoms with Crippen LogP contribution in [-0.4, -0.2) is 22.9 Å². The van der Waals surface area contributed by atoms with Crippen LogP contribution in [0.4, 0.5) is 5.69 Å². The van der Waals surface area contributed by atoms with Gasteiger partial charge in [0.05, 0.1) is 5.69 Å². The molecule has 0 spiro atoms. The predicted octanol–water partition coefficient (Wildman–Crippen LogP) is 4.91. The Bertz CT molecular complexity index is 962. The zero-order chi connectivity index (χ0) is 18.3. The van der Waals surface area contributed by atoms with Crippen LogP contribution in [0.15, 0.2) is 48.1 Å². The molecule has 0 radical (unpaired) electrons. The van der Waals surface area contributed by atoms with Gasteiger partial charge in [-0.3, -0.25) is 9.78 Å². The fourth-order valence-corrected chi connectivity index (χ4v) is 4.25. The number of hydrogen-bond donors (Lipinski definition) is 0. The number of pyridine rings is 1. The van der Waals surface area contributed by atoms with E-state index in [0.717, 1.165) is 33.9 Å². The van der Waals surface area contributed by atoms with E-state index >= 15 is 0 Å². The van der Waals surface area contributed by atoms with Gasteiger partial charge in [0.15, 0.2) is 0 Å². The molecule has 0 saturated heterocycles. The summed E-state index contributed by atoms with van der Waals surface area (Å²) >= 11 is 1.64. The summed E-state index contributed by atoms with van der Waals surface area (Å²) in [4.78, 5) is 23.0. The van der Waals surface area contributed by atoms with Crippen LogP contribution in [0.5, 0.6) is 0 Å². The first-order valence-electron chi connectivity index (χ1n) is 8.73. The number of rotatable bonds is 2. The van der Waals surface area contributed by atoms with Gasteiger partial charge in [-0.15, -0.1) is 11.3 Å². The Balaban J connectivity index is 1.77. The second kappa shape index (κ2) is 6.32. The minimum absolute atomic E-state index is 0.0459. The van der Waals surface area contributed by atoms with Crippen LogP contribution < -0.4 is 4.90 Å². The molecule has 0 atom stereocenters. The largest absolute Gasteiger partial charge is 0.315 e. The number of anilines is 1. The smallest absolute Gasteiger partial charge is 0.226 e. The summed E-state index contributed by atoms with van der Waals surface area (Å²) in [7, 11) is 1.87. The molecule has 0 unspecified atom stereocenters. The number of amides is 1. The van der Waals surface area contributed by atoms with Gasteiger partial charge in [-0.2, -0.15) is 0 Å². The van der Waals surface area contributed by atoms with Crippen molar-refractivity contribution < 1.29 is 4.79 Å². The third-order valence-electron chi connectivity index (χ3n) is 5.15. The van der Waals surface area contributed by atoms with Crippen LogP contribution in [-0.2, 0) is 10.2 Å². The molecule has 4 rings (SSSR count). The lowest BCUT2D eigenvalue weighted by atomic mass is 9.79. The quantitative estimate of drug-likeness (QED) is 0.650. The van der Waals surface area contributed by atoms with Crippen LogP contribution in [0.2, 0.25) is 0 Å². The summed E-state index contributed by atoms with van der Waals surface area (Å²) in [5, 5.41) is 3.08. The zero-order valence-corrected chi connectivity index (χ0v) is 16.0. The van der Waals surface area contributed by atoms with Crippen molar-refractivity contribution in [1.29, 1.82) is 0 Å². The molecule has 0 saturated carbocycles. The normalized spacial score (nSPS) is 16.3. The van der Waals surface area contributed by atoms with Crippen LogP contribution in [0.25, 0.3) is 21.8 Å². The van der Waals surface area contributed by atoms with E-state index < -0.39 is 0 Å². The number of aromatic nitrogens is 2. The molecule has 0 fully saturated rings. The van der Waals surface area contributed by atoms with Crippen molar-refractivity contribution >= 4 is 22.9 Å². The van der Waals surface area contributed by atoms with E-state index in [2.05, 4.69) is 42.4 Å². The maximum absolute atomic E-state index is 12.3. The molecule has 0 aliphatic carbocycles. The van der Waals surface area contributed by atoms with Crippen molar-refractivity contribution in [3.05, 3.63) is 53.7 Å². The minimum Gasteiger partial charge on any atom is -0.315 e. The third-order valence-corrected chi connectivity index (χ3v) is 6.04. The Morgan fingerprint density at radius 1 is 1.12 bits per heavy atom. The number of carbonyl (C=O) groups excluding carboxylic acids is 1. The molecule has 2 aromatic heterocycles. The second-order valence-electron chi connectivity index (χ2n) is 7.34. The number of thiazole rings is 1. The van der Waals surface area contributed by atoms with Crippen LogP contribution in [0, 0.1) is 0 Å². The van der Waals surface area contributed by atoms with Crippen LogP contribution >= 0.6 is 11.3 Å². The average Bonchev–Trinajstić information content (AvgIpc) is 3.13. The van der Waals surface area contributed by atoms with Crippen molar-refractivity contribution in [3.63, 3.8) is 0 Å². The van der Waals surface area contributed by atoms with Crippen molar-refractivity contribution in [3.8, 4) is 21.8 Å². The number of nitrogens with zero attached hydrogens (tertiary/aromatic N) is 3. The summed E-state index contributed by atoms with van der Waals surface area (Å²) < 4.78 is 0. The Morgan fingerprint density at radius 3 is 2.65 bits per heavy atom. The van der Waals surface area contributed by atoms with Crippen molar-refractivity contribution in [2.24, 2.45) is 0 Å².